The SMILES string of the molecule is CC1(O)CCC1(F)F. The Balaban J connectivity index is 2.63. The van der Waals surface area contributed by atoms with Crippen LogP contribution in [0, 0.1) is 0 Å². The van der Waals surface area contributed by atoms with Crippen molar-refractivity contribution < 1.29 is 13.9 Å². The van der Waals surface area contributed by atoms with Crippen LogP contribution in [0.5, 0.6) is 0 Å². The van der Waals surface area contributed by atoms with Crippen molar-refractivity contribution in [1.82, 2.24) is 0 Å². The molecule has 0 radical (unpaired) electrons. The van der Waals surface area contributed by atoms with Crippen molar-refractivity contribution in [3.63, 3.8) is 0 Å². The number of hydrogen-bond donors (Lipinski definition) is 1. The van der Waals surface area contributed by atoms with Crippen LogP contribution in [0.3, 0.4) is 0 Å². The van der Waals surface area contributed by atoms with E-state index < -0.39 is 11.5 Å². The average Bonchev–Trinajstić information content (AvgIpc) is 1.64. The van der Waals surface area contributed by atoms with Gasteiger partial charge in [-0.15, -0.1) is 0 Å². The first-order valence-electron chi connectivity index (χ1n) is 2.56. The highest BCUT2D eigenvalue weighted by molar-refractivity contribution is 4.99. The van der Waals surface area contributed by atoms with E-state index in [1.807, 2.05) is 0 Å². The Bertz CT molecular complexity index is 95.0. The van der Waals surface area contributed by atoms with Crippen LogP contribution in [-0.4, -0.2) is 16.6 Å². The third-order valence-corrected chi connectivity index (χ3v) is 1.71. The van der Waals surface area contributed by atoms with E-state index in [0.29, 0.717) is 0 Å². The van der Waals surface area contributed by atoms with Crippen molar-refractivity contribution in [1.29, 1.82) is 0 Å². The molecule has 0 aromatic heterocycles. The van der Waals surface area contributed by atoms with Crippen molar-refractivity contribution in [2.75, 3.05) is 0 Å². The summed E-state index contributed by atoms with van der Waals surface area (Å²) in [5.41, 5.74) is -1.72. The van der Waals surface area contributed by atoms with Crippen molar-refractivity contribution in [2.24, 2.45) is 0 Å². The monoisotopic (exact) mass is 122 g/mol. The third kappa shape index (κ3) is 0.540. The van der Waals surface area contributed by atoms with E-state index in [2.05, 4.69) is 0 Å². The van der Waals surface area contributed by atoms with Crippen LogP contribution in [0.2, 0.25) is 0 Å². The second-order valence-corrected chi connectivity index (χ2v) is 2.48. The molecule has 1 nitrogen and oxygen atoms in total. The molecule has 0 saturated heterocycles. The minimum absolute atomic E-state index is 0.167. The summed E-state index contributed by atoms with van der Waals surface area (Å²) in [4.78, 5) is 0. The van der Waals surface area contributed by atoms with Crippen molar-refractivity contribution in [3.8, 4) is 0 Å². The van der Waals surface area contributed by atoms with E-state index in [1.165, 1.54) is 0 Å². The summed E-state index contributed by atoms with van der Waals surface area (Å²) in [6.07, 6.45) is 0.0556. The molecule has 3 heteroatoms. The fraction of sp³-hybridized carbons (Fsp3) is 1.00. The van der Waals surface area contributed by atoms with E-state index in [-0.39, 0.29) is 12.8 Å². The Morgan fingerprint density at radius 3 is 1.75 bits per heavy atom. The summed E-state index contributed by atoms with van der Waals surface area (Å²) >= 11 is 0. The second kappa shape index (κ2) is 1.21. The predicted octanol–water partition coefficient (Wildman–Crippen LogP) is 1.17. The molecule has 1 N–H and O–H groups in total. The number of aliphatic hydroxyl groups is 1. The lowest BCUT2D eigenvalue weighted by molar-refractivity contribution is -0.239. The molecule has 1 fully saturated rings. The second-order valence-electron chi connectivity index (χ2n) is 2.48. The van der Waals surface area contributed by atoms with Gasteiger partial charge >= 0.3 is 0 Å². The normalized spacial score (nSPS) is 43.5. The summed E-state index contributed by atoms with van der Waals surface area (Å²) in [7, 11) is 0. The molecule has 0 aliphatic heterocycles. The van der Waals surface area contributed by atoms with Crippen LogP contribution in [0.15, 0.2) is 0 Å². The first kappa shape index (κ1) is 5.95. The smallest absolute Gasteiger partial charge is 0.276 e. The molecule has 1 unspecified atom stereocenters. The summed E-state index contributed by atoms with van der Waals surface area (Å²) in [6.45, 7) is 1.16. The molecule has 48 valence electrons. The van der Waals surface area contributed by atoms with Gasteiger partial charge in [0.1, 0.15) is 5.60 Å². The zero-order chi connectivity index (χ0) is 6.41. The summed E-state index contributed by atoms with van der Waals surface area (Å²) in [5, 5.41) is 8.69. The maximum atomic E-state index is 12.1. The number of hydrogen-bond acceptors (Lipinski definition) is 1. The number of halogens is 2. The minimum Gasteiger partial charge on any atom is -0.384 e. The van der Waals surface area contributed by atoms with Crippen LogP contribution in [0.1, 0.15) is 19.8 Å². The molecule has 0 amide bonds. The van der Waals surface area contributed by atoms with E-state index in [0.717, 1.165) is 6.92 Å². The molecule has 0 aromatic rings. The standard InChI is InChI=1S/C5H8F2O/c1-4(8)2-3-5(4,6)7/h8H,2-3H2,1H3. The third-order valence-electron chi connectivity index (χ3n) is 1.71. The van der Waals surface area contributed by atoms with Crippen molar-refractivity contribution in [3.05, 3.63) is 0 Å². The van der Waals surface area contributed by atoms with Crippen molar-refractivity contribution >= 4 is 0 Å². The fourth-order valence-electron chi connectivity index (χ4n) is 0.676. The van der Waals surface area contributed by atoms with Crippen LogP contribution >= 0.6 is 0 Å². The van der Waals surface area contributed by atoms with Gasteiger partial charge in [-0.05, 0) is 13.3 Å². The quantitative estimate of drug-likeness (QED) is 0.511. The Labute approximate surface area is 46.3 Å². The Hall–Kier alpha value is -0.180. The lowest BCUT2D eigenvalue weighted by atomic mass is 9.78. The van der Waals surface area contributed by atoms with Crippen molar-refractivity contribution in [2.45, 2.75) is 31.3 Å². The van der Waals surface area contributed by atoms with Gasteiger partial charge in [-0.25, -0.2) is 8.78 Å². The molecule has 1 aliphatic carbocycles. The van der Waals surface area contributed by atoms with E-state index in [1.54, 1.807) is 0 Å². The molecule has 8 heavy (non-hydrogen) atoms. The highest BCUT2D eigenvalue weighted by Gasteiger charge is 2.57. The van der Waals surface area contributed by atoms with Crippen LogP contribution < -0.4 is 0 Å². The Kier molecular flexibility index (Phi) is 0.899. The van der Waals surface area contributed by atoms with Gasteiger partial charge < -0.3 is 5.11 Å². The summed E-state index contributed by atoms with van der Waals surface area (Å²) < 4.78 is 24.1. The predicted molar refractivity (Wildman–Crippen MR) is 24.8 cm³/mol. The summed E-state index contributed by atoms with van der Waals surface area (Å²) in [6, 6.07) is 0. The summed E-state index contributed by atoms with van der Waals surface area (Å²) in [5.74, 6) is -2.83. The molecule has 1 rings (SSSR count). The van der Waals surface area contributed by atoms with E-state index in [9.17, 15) is 8.78 Å². The minimum atomic E-state index is -2.83. The lowest BCUT2D eigenvalue weighted by Gasteiger charge is -2.41. The first-order chi connectivity index (χ1) is 3.46. The molecule has 0 spiro atoms. The van der Waals surface area contributed by atoms with Crippen LogP contribution in [0.25, 0.3) is 0 Å². The lowest BCUT2D eigenvalue weighted by Crippen LogP contribution is -2.54. The zero-order valence-corrected chi connectivity index (χ0v) is 4.62. The van der Waals surface area contributed by atoms with Gasteiger partial charge in [0.25, 0.3) is 5.92 Å². The molecule has 0 aromatic carbocycles. The van der Waals surface area contributed by atoms with Gasteiger partial charge in [0.2, 0.25) is 0 Å². The molecular formula is C5H8F2O. The highest BCUT2D eigenvalue weighted by Crippen LogP contribution is 2.46. The van der Waals surface area contributed by atoms with Crippen LogP contribution in [0.4, 0.5) is 8.78 Å². The average molecular weight is 122 g/mol. The van der Waals surface area contributed by atoms with Gasteiger partial charge in [-0.1, -0.05) is 0 Å². The van der Waals surface area contributed by atoms with Gasteiger partial charge in [0, 0.05) is 6.42 Å². The fourth-order valence-corrected chi connectivity index (χ4v) is 0.676. The first-order valence-corrected chi connectivity index (χ1v) is 2.56. The van der Waals surface area contributed by atoms with Gasteiger partial charge in [-0.3, -0.25) is 0 Å². The van der Waals surface area contributed by atoms with Gasteiger partial charge in [0.15, 0.2) is 0 Å². The topological polar surface area (TPSA) is 20.2 Å². The largest absolute Gasteiger partial charge is 0.384 e. The maximum Gasteiger partial charge on any atom is 0.276 e. The number of rotatable bonds is 0. The van der Waals surface area contributed by atoms with Gasteiger partial charge in [0.05, 0.1) is 0 Å². The molecule has 1 atom stereocenters. The van der Waals surface area contributed by atoms with Gasteiger partial charge in [-0.2, -0.15) is 0 Å². The molecule has 0 heterocycles. The molecule has 1 aliphatic rings. The molecular weight excluding hydrogens is 114 g/mol. The maximum absolute atomic E-state index is 12.1. The number of alkyl halides is 2. The van der Waals surface area contributed by atoms with Crippen LogP contribution in [-0.2, 0) is 0 Å². The van der Waals surface area contributed by atoms with E-state index >= 15 is 0 Å². The molecule has 1 saturated carbocycles. The Morgan fingerprint density at radius 1 is 1.38 bits per heavy atom. The van der Waals surface area contributed by atoms with E-state index in [4.69, 9.17) is 5.11 Å². The zero-order valence-electron chi connectivity index (χ0n) is 4.62. The Morgan fingerprint density at radius 2 is 1.75 bits per heavy atom. The highest BCUT2D eigenvalue weighted by atomic mass is 19.3. The molecule has 0 bridgehead atoms.